The molecule has 0 aromatic rings. The van der Waals surface area contributed by atoms with Gasteiger partial charge in [-0.1, -0.05) is 0 Å². The third-order valence-electron chi connectivity index (χ3n) is 1.34. The van der Waals surface area contributed by atoms with E-state index in [4.69, 9.17) is 0 Å². The van der Waals surface area contributed by atoms with Gasteiger partial charge in [-0.25, -0.2) is 0 Å². The molecular formula is C6H12CoN2. The molecular weight excluding hydrogens is 159 g/mol. The van der Waals surface area contributed by atoms with Crippen LogP contribution in [0, 0.1) is 0 Å². The van der Waals surface area contributed by atoms with Crippen LogP contribution in [0.2, 0.25) is 0 Å². The fraction of sp³-hybridized carbons (Fsp3) is 0.667. The Morgan fingerprint density at radius 2 is 2.11 bits per heavy atom. The molecule has 0 atom stereocenters. The smallest absolute Gasteiger partial charge is 0.0890 e. The average molecular weight is 171 g/mol. The first kappa shape index (κ1) is 8.85. The first-order chi connectivity index (χ1) is 3.83. The van der Waals surface area contributed by atoms with Crippen molar-refractivity contribution in [2.75, 3.05) is 20.3 Å². The van der Waals surface area contributed by atoms with Crippen molar-refractivity contribution >= 4 is 0 Å². The molecule has 0 fully saturated rings. The van der Waals surface area contributed by atoms with Crippen molar-refractivity contribution in [2.45, 2.75) is 6.92 Å². The minimum atomic E-state index is 0. The van der Waals surface area contributed by atoms with E-state index in [-0.39, 0.29) is 16.8 Å². The van der Waals surface area contributed by atoms with Gasteiger partial charge in [-0.15, -0.1) is 0 Å². The molecule has 9 heavy (non-hydrogen) atoms. The van der Waals surface area contributed by atoms with E-state index in [0.717, 1.165) is 13.2 Å². The summed E-state index contributed by atoms with van der Waals surface area (Å²) < 4.78 is 0. The van der Waals surface area contributed by atoms with Crippen LogP contribution >= 0.6 is 0 Å². The van der Waals surface area contributed by atoms with Crippen LogP contribution in [0.5, 0.6) is 0 Å². The minimum Gasteiger partial charge on any atom is -0.362 e. The van der Waals surface area contributed by atoms with Crippen molar-refractivity contribution in [3.8, 4) is 0 Å². The molecule has 0 aromatic heterocycles. The van der Waals surface area contributed by atoms with Gasteiger partial charge in [0.2, 0.25) is 0 Å². The summed E-state index contributed by atoms with van der Waals surface area (Å²) in [6, 6.07) is 0. The fourth-order valence-corrected chi connectivity index (χ4v) is 0.794. The third kappa shape index (κ3) is 2.28. The zero-order valence-electron chi connectivity index (χ0n) is 5.80. The second-order valence-corrected chi connectivity index (χ2v) is 2.10. The molecule has 0 bridgehead atoms. The summed E-state index contributed by atoms with van der Waals surface area (Å²) in [5.41, 5.74) is 0. The predicted molar refractivity (Wildman–Crippen MR) is 34.1 cm³/mol. The minimum absolute atomic E-state index is 0. The number of hydrogen-bond acceptors (Lipinski definition) is 2. The van der Waals surface area contributed by atoms with Crippen LogP contribution in [0.15, 0.2) is 12.4 Å². The van der Waals surface area contributed by atoms with Gasteiger partial charge in [0.05, 0.1) is 6.67 Å². The summed E-state index contributed by atoms with van der Waals surface area (Å²) in [6.45, 7) is 4.32. The van der Waals surface area contributed by atoms with Gasteiger partial charge in [-0.2, -0.15) is 0 Å². The summed E-state index contributed by atoms with van der Waals surface area (Å²) in [5, 5.41) is 0. The van der Waals surface area contributed by atoms with Crippen LogP contribution in [0.4, 0.5) is 0 Å². The SMILES string of the molecule is CCN1C=CN(C)C1.[Co]. The molecule has 55 valence electrons. The van der Waals surface area contributed by atoms with Crippen LogP contribution in [-0.4, -0.2) is 30.1 Å². The zero-order valence-corrected chi connectivity index (χ0v) is 6.84. The Morgan fingerprint density at radius 3 is 2.33 bits per heavy atom. The van der Waals surface area contributed by atoms with Crippen LogP contribution in [0.25, 0.3) is 0 Å². The van der Waals surface area contributed by atoms with Gasteiger partial charge in [0, 0.05) is 42.8 Å². The molecule has 1 radical (unpaired) electrons. The second-order valence-electron chi connectivity index (χ2n) is 2.10. The quantitative estimate of drug-likeness (QED) is 0.572. The molecule has 0 spiro atoms. The standard InChI is InChI=1S/C6H12N2.Co/c1-3-8-5-4-7(2)6-8;/h4-5H,3,6H2,1-2H3;. The number of rotatable bonds is 1. The summed E-state index contributed by atoms with van der Waals surface area (Å²) >= 11 is 0. The maximum absolute atomic E-state index is 2.25. The van der Waals surface area contributed by atoms with E-state index in [1.165, 1.54) is 0 Å². The van der Waals surface area contributed by atoms with Gasteiger partial charge in [0.25, 0.3) is 0 Å². The van der Waals surface area contributed by atoms with Gasteiger partial charge in [-0.3, -0.25) is 0 Å². The van der Waals surface area contributed by atoms with Crippen molar-refractivity contribution < 1.29 is 16.8 Å². The normalized spacial score (nSPS) is 16.2. The van der Waals surface area contributed by atoms with E-state index < -0.39 is 0 Å². The molecule has 1 aliphatic rings. The van der Waals surface area contributed by atoms with E-state index >= 15 is 0 Å². The first-order valence-electron chi connectivity index (χ1n) is 2.95. The Kier molecular flexibility index (Phi) is 3.73. The van der Waals surface area contributed by atoms with Gasteiger partial charge in [-0.05, 0) is 6.92 Å². The molecule has 3 heteroatoms. The van der Waals surface area contributed by atoms with Gasteiger partial charge in [0.1, 0.15) is 0 Å². The Bertz CT molecular complexity index is 103. The first-order valence-corrected chi connectivity index (χ1v) is 2.95. The van der Waals surface area contributed by atoms with E-state index in [0.29, 0.717) is 0 Å². The van der Waals surface area contributed by atoms with Crippen molar-refractivity contribution in [2.24, 2.45) is 0 Å². The van der Waals surface area contributed by atoms with Crippen molar-refractivity contribution in [3.05, 3.63) is 12.4 Å². The molecule has 0 N–H and O–H groups in total. The van der Waals surface area contributed by atoms with Gasteiger partial charge in [0.15, 0.2) is 0 Å². The molecule has 1 rings (SSSR count). The Labute approximate surface area is 66.7 Å². The fourth-order valence-electron chi connectivity index (χ4n) is 0.794. The Hall–Kier alpha value is -0.154. The van der Waals surface area contributed by atoms with Crippen LogP contribution in [0.3, 0.4) is 0 Å². The zero-order chi connectivity index (χ0) is 5.98. The average Bonchev–Trinajstić information content (AvgIpc) is 2.14. The summed E-state index contributed by atoms with van der Waals surface area (Å²) in [4.78, 5) is 4.41. The Morgan fingerprint density at radius 1 is 1.44 bits per heavy atom. The van der Waals surface area contributed by atoms with Crippen LogP contribution in [-0.2, 0) is 16.8 Å². The van der Waals surface area contributed by atoms with Crippen molar-refractivity contribution in [1.29, 1.82) is 0 Å². The molecule has 0 saturated carbocycles. The maximum atomic E-state index is 2.25. The number of hydrogen-bond donors (Lipinski definition) is 0. The third-order valence-corrected chi connectivity index (χ3v) is 1.34. The molecule has 0 saturated heterocycles. The topological polar surface area (TPSA) is 6.48 Å². The van der Waals surface area contributed by atoms with Crippen LogP contribution < -0.4 is 0 Å². The maximum Gasteiger partial charge on any atom is 0.0890 e. The molecule has 1 aliphatic heterocycles. The molecule has 0 aliphatic carbocycles. The van der Waals surface area contributed by atoms with Gasteiger partial charge >= 0.3 is 0 Å². The van der Waals surface area contributed by atoms with Crippen molar-refractivity contribution in [3.63, 3.8) is 0 Å². The summed E-state index contributed by atoms with van der Waals surface area (Å²) in [6.07, 6.45) is 4.20. The van der Waals surface area contributed by atoms with E-state index in [2.05, 4.69) is 36.2 Å². The Balaban J connectivity index is 0.000000640. The largest absolute Gasteiger partial charge is 0.362 e. The van der Waals surface area contributed by atoms with E-state index in [1.807, 2.05) is 0 Å². The molecule has 1 heterocycles. The second kappa shape index (κ2) is 3.79. The molecule has 0 amide bonds. The summed E-state index contributed by atoms with van der Waals surface area (Å²) in [5.74, 6) is 0. The predicted octanol–water partition coefficient (Wildman–Crippen LogP) is 0.680. The van der Waals surface area contributed by atoms with E-state index in [1.54, 1.807) is 0 Å². The molecule has 2 nitrogen and oxygen atoms in total. The van der Waals surface area contributed by atoms with Gasteiger partial charge < -0.3 is 9.80 Å². The van der Waals surface area contributed by atoms with Crippen molar-refractivity contribution in [1.82, 2.24) is 9.80 Å². The van der Waals surface area contributed by atoms with Crippen LogP contribution in [0.1, 0.15) is 6.92 Å². The summed E-state index contributed by atoms with van der Waals surface area (Å²) in [7, 11) is 2.08. The molecule has 0 aromatic carbocycles. The van der Waals surface area contributed by atoms with E-state index in [9.17, 15) is 0 Å². The molecule has 0 unspecified atom stereocenters. The monoisotopic (exact) mass is 171 g/mol. The number of nitrogens with zero attached hydrogens (tertiary/aromatic N) is 2.